The molecule has 4 amide bonds. The fraction of sp³-hybridized carbons (Fsp3) is 0.529. The summed E-state index contributed by atoms with van der Waals surface area (Å²) in [7, 11) is 1.49. The van der Waals surface area contributed by atoms with Gasteiger partial charge in [0.05, 0.1) is 18.6 Å². The molecule has 2 aromatic rings. The monoisotopic (exact) mass is 622 g/mol. The second kappa shape index (κ2) is 14.2. The van der Waals surface area contributed by atoms with Crippen molar-refractivity contribution in [2.24, 2.45) is 5.92 Å². The number of hydrogen-bond donors (Lipinski definition) is 1. The Morgan fingerprint density at radius 3 is 2.18 bits per heavy atom. The van der Waals surface area contributed by atoms with E-state index in [1.807, 2.05) is 95.3 Å². The number of likely N-dealkylation sites (tertiary alicyclic amines) is 2. The van der Waals surface area contributed by atoms with Crippen LogP contribution in [-0.2, 0) is 25.7 Å². The molecule has 244 valence electrons. The number of amides is 4. The van der Waals surface area contributed by atoms with Crippen LogP contribution < -0.4 is 10.1 Å². The summed E-state index contributed by atoms with van der Waals surface area (Å²) in [5.41, 5.74) is 0.154. The molecule has 2 aromatic carbocycles. The molecule has 2 aliphatic heterocycles. The topological polar surface area (TPSA) is 118 Å². The molecule has 11 nitrogen and oxygen atoms in total. The van der Waals surface area contributed by atoms with Crippen molar-refractivity contribution < 1.29 is 33.4 Å². The molecule has 0 unspecified atom stereocenters. The molecule has 45 heavy (non-hydrogen) atoms. The average molecular weight is 623 g/mol. The number of hydrogen-bond acceptors (Lipinski definition) is 7. The van der Waals surface area contributed by atoms with Gasteiger partial charge in [0.25, 0.3) is 0 Å². The van der Waals surface area contributed by atoms with Gasteiger partial charge in [-0.05, 0) is 57.7 Å². The van der Waals surface area contributed by atoms with Gasteiger partial charge in [0.1, 0.15) is 36.1 Å². The summed E-state index contributed by atoms with van der Waals surface area (Å²) >= 11 is 0. The third kappa shape index (κ3) is 8.26. The van der Waals surface area contributed by atoms with Crippen molar-refractivity contribution >= 4 is 24.0 Å². The number of nitrogens with one attached hydrogen (secondary N) is 1. The van der Waals surface area contributed by atoms with Crippen molar-refractivity contribution in [2.75, 3.05) is 20.1 Å². The van der Waals surface area contributed by atoms with Crippen molar-refractivity contribution in [1.29, 1.82) is 0 Å². The van der Waals surface area contributed by atoms with Crippen LogP contribution in [0.2, 0.25) is 0 Å². The van der Waals surface area contributed by atoms with Gasteiger partial charge < -0.3 is 24.4 Å². The highest BCUT2D eigenvalue weighted by Crippen LogP contribution is 2.36. The van der Waals surface area contributed by atoms with Crippen LogP contribution in [0.4, 0.5) is 9.59 Å². The predicted molar refractivity (Wildman–Crippen MR) is 168 cm³/mol. The second-order valence-electron chi connectivity index (χ2n) is 13.0. The molecule has 0 saturated carbocycles. The van der Waals surface area contributed by atoms with Gasteiger partial charge in [-0.15, -0.1) is 0 Å². The highest BCUT2D eigenvalue weighted by Gasteiger charge is 2.55. The summed E-state index contributed by atoms with van der Waals surface area (Å²) in [5.74, 6) is -0.355. The maximum atomic E-state index is 14.2. The molecule has 4 rings (SSSR count). The van der Waals surface area contributed by atoms with Crippen LogP contribution in [0.5, 0.6) is 5.75 Å². The van der Waals surface area contributed by atoms with Crippen LogP contribution >= 0.6 is 0 Å². The minimum Gasteiger partial charge on any atom is -0.486 e. The summed E-state index contributed by atoms with van der Waals surface area (Å²) in [6, 6.07) is 16.1. The third-order valence-electron chi connectivity index (χ3n) is 8.20. The van der Waals surface area contributed by atoms with Gasteiger partial charge in [-0.2, -0.15) is 0 Å². The Hall–Kier alpha value is -4.28. The third-order valence-corrected chi connectivity index (χ3v) is 8.20. The minimum atomic E-state index is -0.892. The van der Waals surface area contributed by atoms with Gasteiger partial charge in [0.15, 0.2) is 0 Å². The number of carbonyl (C=O) groups is 4. The Morgan fingerprint density at radius 1 is 0.956 bits per heavy atom. The number of ether oxygens (including phenoxy) is 3. The van der Waals surface area contributed by atoms with E-state index in [0.29, 0.717) is 18.7 Å². The van der Waals surface area contributed by atoms with Gasteiger partial charge in [0.2, 0.25) is 11.8 Å². The molecule has 2 saturated heterocycles. The quantitative estimate of drug-likeness (QED) is 0.439. The van der Waals surface area contributed by atoms with E-state index in [0.717, 1.165) is 5.56 Å². The Bertz CT molecular complexity index is 1330. The summed E-state index contributed by atoms with van der Waals surface area (Å²) in [4.78, 5) is 58.1. The molecular weight excluding hydrogens is 576 g/mol. The van der Waals surface area contributed by atoms with Gasteiger partial charge in [-0.25, -0.2) is 9.59 Å². The van der Waals surface area contributed by atoms with Crippen LogP contribution in [0.15, 0.2) is 60.7 Å². The number of para-hydroxylation sites is 1. The number of nitrogens with zero attached hydrogens (tertiary/aromatic N) is 3. The first-order chi connectivity index (χ1) is 21.3. The maximum absolute atomic E-state index is 14.2. The van der Waals surface area contributed by atoms with Crippen LogP contribution in [0.3, 0.4) is 0 Å². The van der Waals surface area contributed by atoms with Crippen LogP contribution in [0.25, 0.3) is 0 Å². The molecule has 0 spiro atoms. The number of fused-ring (bicyclic) bond motifs is 1. The zero-order chi connectivity index (χ0) is 32.9. The van der Waals surface area contributed by atoms with Crippen molar-refractivity contribution in [3.63, 3.8) is 0 Å². The molecule has 2 aliphatic rings. The molecule has 0 bridgehead atoms. The summed E-state index contributed by atoms with van der Waals surface area (Å²) < 4.78 is 17.5. The molecule has 5 atom stereocenters. The standard InChI is InChI=1S/C34H46N4O7/c1-22(2)28(35-30(39)23(3)36(7)32(41)43-21-24-14-10-8-11-15-24)31(40)37-19-18-26-29(37)27(44-25-16-12-9-13-17-25)20-38(26)33(42)45-34(4,5)6/h8-17,22-23,26-29H,18-21H2,1-7H3,(H,35,39)/t23-,26+,27-,28-,29-/m0/s1. The SMILES string of the molecule is CC(C)[C@H](NC(=O)[C@H](C)N(C)C(=O)OCc1ccccc1)C(=O)N1CC[C@@H]2[C@H]1[C@@H](Oc1ccccc1)CN2C(=O)OC(C)(C)C. The molecule has 2 heterocycles. The molecule has 11 heteroatoms. The van der Waals surface area contributed by atoms with Gasteiger partial charge in [-0.1, -0.05) is 62.4 Å². The lowest BCUT2D eigenvalue weighted by Gasteiger charge is -2.34. The lowest BCUT2D eigenvalue weighted by molar-refractivity contribution is -0.140. The first kappa shape index (κ1) is 33.6. The molecule has 2 fully saturated rings. The molecule has 0 radical (unpaired) electrons. The Labute approximate surface area is 265 Å². The smallest absolute Gasteiger partial charge is 0.410 e. The Kier molecular flexibility index (Phi) is 10.6. The first-order valence-corrected chi connectivity index (χ1v) is 15.5. The van der Waals surface area contributed by atoms with Crippen molar-refractivity contribution in [1.82, 2.24) is 20.0 Å². The van der Waals surface area contributed by atoms with E-state index in [9.17, 15) is 19.2 Å². The lowest BCUT2D eigenvalue weighted by Crippen LogP contribution is -2.58. The first-order valence-electron chi connectivity index (χ1n) is 15.5. The van der Waals surface area contributed by atoms with E-state index in [2.05, 4.69) is 5.32 Å². The Morgan fingerprint density at radius 2 is 1.58 bits per heavy atom. The zero-order valence-corrected chi connectivity index (χ0v) is 27.3. The molecule has 1 N–H and O–H groups in total. The van der Waals surface area contributed by atoms with E-state index in [4.69, 9.17) is 14.2 Å². The summed E-state index contributed by atoms with van der Waals surface area (Å²) in [6.45, 7) is 11.5. The van der Waals surface area contributed by atoms with E-state index < -0.39 is 47.9 Å². The highest BCUT2D eigenvalue weighted by molar-refractivity contribution is 5.91. The molecular formula is C34H46N4O7. The number of rotatable bonds is 9. The van der Waals surface area contributed by atoms with E-state index in [1.54, 1.807) is 16.7 Å². The van der Waals surface area contributed by atoms with Crippen molar-refractivity contribution in [3.8, 4) is 5.75 Å². The fourth-order valence-electron chi connectivity index (χ4n) is 5.71. The van der Waals surface area contributed by atoms with Crippen molar-refractivity contribution in [3.05, 3.63) is 66.2 Å². The Balaban J connectivity index is 1.47. The van der Waals surface area contributed by atoms with Crippen LogP contribution in [0.1, 0.15) is 53.5 Å². The number of benzene rings is 2. The number of likely N-dealkylation sites (N-methyl/N-ethyl adjacent to an activating group) is 1. The second-order valence-corrected chi connectivity index (χ2v) is 13.0. The predicted octanol–water partition coefficient (Wildman–Crippen LogP) is 4.45. The lowest BCUT2D eigenvalue weighted by atomic mass is 10.0. The summed E-state index contributed by atoms with van der Waals surface area (Å²) in [6.07, 6.45) is -1.04. The van der Waals surface area contributed by atoms with Gasteiger partial charge in [-0.3, -0.25) is 19.4 Å². The number of carbonyl (C=O) groups excluding carboxylic acids is 4. The van der Waals surface area contributed by atoms with E-state index in [1.165, 1.54) is 11.9 Å². The highest BCUT2D eigenvalue weighted by atomic mass is 16.6. The summed E-state index contributed by atoms with van der Waals surface area (Å²) in [5, 5.41) is 2.89. The van der Waals surface area contributed by atoms with Gasteiger partial charge >= 0.3 is 12.2 Å². The van der Waals surface area contributed by atoms with Crippen molar-refractivity contribution in [2.45, 2.75) is 90.4 Å². The minimum absolute atomic E-state index is 0.0789. The maximum Gasteiger partial charge on any atom is 0.410 e. The van der Waals surface area contributed by atoms with Crippen LogP contribution in [0, 0.1) is 5.92 Å². The molecule has 0 aromatic heterocycles. The van der Waals surface area contributed by atoms with E-state index in [-0.39, 0.29) is 31.0 Å². The van der Waals surface area contributed by atoms with Gasteiger partial charge in [0, 0.05) is 13.6 Å². The average Bonchev–Trinajstić information content (AvgIpc) is 3.59. The largest absolute Gasteiger partial charge is 0.486 e. The van der Waals surface area contributed by atoms with Crippen LogP contribution in [-0.4, -0.2) is 94.7 Å². The molecule has 0 aliphatic carbocycles. The zero-order valence-electron chi connectivity index (χ0n) is 27.3. The fourth-order valence-corrected chi connectivity index (χ4v) is 5.71. The van der Waals surface area contributed by atoms with E-state index >= 15 is 0 Å². The normalized spacial score (nSPS) is 20.7.